The van der Waals surface area contributed by atoms with E-state index in [4.69, 9.17) is 26.8 Å². The van der Waals surface area contributed by atoms with Gasteiger partial charge >= 0.3 is 0 Å². The smallest absolute Gasteiger partial charge is 0.203 e. The van der Waals surface area contributed by atoms with Gasteiger partial charge in [-0.15, -0.1) is 10.2 Å². The molecule has 0 aliphatic rings. The fourth-order valence-corrected chi connectivity index (χ4v) is 2.12. The first kappa shape index (κ1) is 14.9. The van der Waals surface area contributed by atoms with Crippen LogP contribution in [0.1, 0.15) is 18.9 Å². The fraction of sp³-hybridized carbons (Fsp3) is 0.385. The molecule has 0 aliphatic heterocycles. The Balaban J connectivity index is 2.06. The van der Waals surface area contributed by atoms with Gasteiger partial charge in [0.05, 0.1) is 6.61 Å². The second kappa shape index (κ2) is 6.76. The first-order valence-electron chi connectivity index (χ1n) is 6.17. The third-order valence-corrected chi connectivity index (χ3v) is 3.27. The normalized spacial score (nSPS) is 10.8. The van der Waals surface area contributed by atoms with Crippen molar-refractivity contribution >= 4 is 28.1 Å². The van der Waals surface area contributed by atoms with Crippen LogP contribution in [0.2, 0.25) is 5.02 Å². The summed E-state index contributed by atoms with van der Waals surface area (Å²) in [4.78, 5) is 0. The SMILES string of the molecule is CC(C)COc1ccc(Cl)cc1OCc1nnc(N)s1. The fourth-order valence-electron chi connectivity index (χ4n) is 1.43. The van der Waals surface area contributed by atoms with Crippen molar-refractivity contribution in [2.75, 3.05) is 12.3 Å². The van der Waals surface area contributed by atoms with Crippen LogP contribution in [-0.4, -0.2) is 16.8 Å². The number of nitrogen functional groups attached to an aromatic ring is 1. The lowest BCUT2D eigenvalue weighted by molar-refractivity contribution is 0.239. The van der Waals surface area contributed by atoms with E-state index in [-0.39, 0.29) is 6.61 Å². The molecule has 0 atom stereocenters. The minimum atomic E-state index is 0.285. The van der Waals surface area contributed by atoms with Crippen LogP contribution in [-0.2, 0) is 6.61 Å². The van der Waals surface area contributed by atoms with E-state index in [9.17, 15) is 0 Å². The summed E-state index contributed by atoms with van der Waals surface area (Å²) >= 11 is 7.28. The minimum absolute atomic E-state index is 0.285. The number of anilines is 1. The summed E-state index contributed by atoms with van der Waals surface area (Å²) in [6.45, 7) is 5.07. The molecule has 108 valence electrons. The number of benzene rings is 1. The van der Waals surface area contributed by atoms with Gasteiger partial charge in [0.15, 0.2) is 16.5 Å². The Morgan fingerprint density at radius 1 is 1.25 bits per heavy atom. The predicted molar refractivity (Wildman–Crippen MR) is 80.4 cm³/mol. The molecule has 1 aromatic heterocycles. The highest BCUT2D eigenvalue weighted by atomic mass is 35.5. The lowest BCUT2D eigenvalue weighted by Gasteiger charge is -2.13. The highest BCUT2D eigenvalue weighted by molar-refractivity contribution is 7.15. The first-order chi connectivity index (χ1) is 9.54. The summed E-state index contributed by atoms with van der Waals surface area (Å²) in [6, 6.07) is 5.29. The number of aromatic nitrogens is 2. The molecule has 7 heteroatoms. The van der Waals surface area contributed by atoms with Crippen LogP contribution < -0.4 is 15.2 Å². The second-order valence-corrected chi connectivity index (χ2v) is 6.15. The van der Waals surface area contributed by atoms with Gasteiger partial charge in [-0.3, -0.25) is 0 Å². The zero-order chi connectivity index (χ0) is 14.5. The number of hydrogen-bond acceptors (Lipinski definition) is 6. The van der Waals surface area contributed by atoms with Crippen LogP contribution in [0.4, 0.5) is 5.13 Å². The molecule has 2 aromatic rings. The number of halogens is 1. The molecule has 0 saturated heterocycles. The molecule has 0 amide bonds. The molecule has 2 N–H and O–H groups in total. The number of ether oxygens (including phenoxy) is 2. The van der Waals surface area contributed by atoms with Crippen LogP contribution in [0.3, 0.4) is 0 Å². The molecule has 0 aliphatic carbocycles. The first-order valence-corrected chi connectivity index (χ1v) is 7.37. The summed E-state index contributed by atoms with van der Waals surface area (Å²) in [5.41, 5.74) is 5.53. The Morgan fingerprint density at radius 3 is 2.70 bits per heavy atom. The van der Waals surface area contributed by atoms with Gasteiger partial charge in [0.25, 0.3) is 0 Å². The van der Waals surface area contributed by atoms with Crippen molar-refractivity contribution in [3.8, 4) is 11.5 Å². The van der Waals surface area contributed by atoms with Crippen molar-refractivity contribution in [2.45, 2.75) is 20.5 Å². The maximum Gasteiger partial charge on any atom is 0.203 e. The Hall–Kier alpha value is -1.53. The van der Waals surface area contributed by atoms with E-state index in [1.54, 1.807) is 18.2 Å². The summed E-state index contributed by atoms with van der Waals surface area (Å²) in [5.74, 6) is 1.69. The lowest BCUT2D eigenvalue weighted by atomic mass is 10.2. The average Bonchev–Trinajstić information content (AvgIpc) is 2.81. The van der Waals surface area contributed by atoms with E-state index in [0.29, 0.717) is 39.2 Å². The van der Waals surface area contributed by atoms with Crippen LogP contribution in [0.15, 0.2) is 18.2 Å². The van der Waals surface area contributed by atoms with Gasteiger partial charge in [0, 0.05) is 11.1 Å². The molecule has 0 fully saturated rings. The monoisotopic (exact) mass is 313 g/mol. The number of nitrogens with zero attached hydrogens (tertiary/aromatic N) is 2. The summed E-state index contributed by atoms with van der Waals surface area (Å²) in [5, 5.41) is 9.36. The minimum Gasteiger partial charge on any atom is -0.489 e. The van der Waals surface area contributed by atoms with Crippen LogP contribution in [0.5, 0.6) is 11.5 Å². The molecule has 0 bridgehead atoms. The predicted octanol–water partition coefficient (Wildman–Crippen LogP) is 3.39. The van der Waals surface area contributed by atoms with E-state index in [0.717, 1.165) is 0 Å². The highest BCUT2D eigenvalue weighted by Crippen LogP contribution is 2.31. The number of hydrogen-bond donors (Lipinski definition) is 1. The van der Waals surface area contributed by atoms with Crippen LogP contribution >= 0.6 is 22.9 Å². The van der Waals surface area contributed by atoms with Gasteiger partial charge < -0.3 is 15.2 Å². The van der Waals surface area contributed by atoms with Gasteiger partial charge in [0.2, 0.25) is 5.13 Å². The second-order valence-electron chi connectivity index (χ2n) is 4.62. The maximum atomic E-state index is 5.98. The highest BCUT2D eigenvalue weighted by Gasteiger charge is 2.09. The molecule has 0 saturated carbocycles. The Bertz CT molecular complexity index is 574. The molecule has 5 nitrogen and oxygen atoms in total. The van der Waals surface area contributed by atoms with Gasteiger partial charge in [-0.25, -0.2) is 0 Å². The number of nitrogens with two attached hydrogens (primary N) is 1. The summed E-state index contributed by atoms with van der Waals surface area (Å²) < 4.78 is 11.4. The maximum absolute atomic E-state index is 5.98. The van der Waals surface area contributed by atoms with Crippen molar-refractivity contribution in [2.24, 2.45) is 5.92 Å². The van der Waals surface area contributed by atoms with Crippen LogP contribution in [0, 0.1) is 5.92 Å². The molecule has 1 aromatic carbocycles. The van der Waals surface area contributed by atoms with Gasteiger partial charge in [-0.2, -0.15) is 0 Å². The Labute approximate surface area is 126 Å². The molecule has 1 heterocycles. The van der Waals surface area contributed by atoms with Crippen molar-refractivity contribution in [3.05, 3.63) is 28.2 Å². The zero-order valence-corrected chi connectivity index (χ0v) is 12.9. The largest absolute Gasteiger partial charge is 0.489 e. The van der Waals surface area contributed by atoms with E-state index in [2.05, 4.69) is 24.0 Å². The Morgan fingerprint density at radius 2 is 2.05 bits per heavy atom. The molecular weight excluding hydrogens is 298 g/mol. The van der Waals surface area contributed by atoms with Crippen molar-refractivity contribution in [3.63, 3.8) is 0 Å². The molecule has 0 spiro atoms. The van der Waals surface area contributed by atoms with E-state index in [1.165, 1.54) is 11.3 Å². The third kappa shape index (κ3) is 4.25. The number of rotatable bonds is 6. The topological polar surface area (TPSA) is 70.3 Å². The van der Waals surface area contributed by atoms with Gasteiger partial charge in [-0.1, -0.05) is 36.8 Å². The van der Waals surface area contributed by atoms with E-state index >= 15 is 0 Å². The van der Waals surface area contributed by atoms with Crippen molar-refractivity contribution in [1.82, 2.24) is 10.2 Å². The molecule has 0 unspecified atom stereocenters. The van der Waals surface area contributed by atoms with Crippen LogP contribution in [0.25, 0.3) is 0 Å². The summed E-state index contributed by atoms with van der Waals surface area (Å²) in [6.07, 6.45) is 0. The lowest BCUT2D eigenvalue weighted by Crippen LogP contribution is -2.06. The van der Waals surface area contributed by atoms with Crippen molar-refractivity contribution < 1.29 is 9.47 Å². The summed E-state index contributed by atoms with van der Waals surface area (Å²) in [7, 11) is 0. The molecule has 20 heavy (non-hydrogen) atoms. The quantitative estimate of drug-likeness (QED) is 0.885. The van der Waals surface area contributed by atoms with Gasteiger partial charge in [0.1, 0.15) is 6.61 Å². The molecule has 0 radical (unpaired) electrons. The average molecular weight is 314 g/mol. The van der Waals surface area contributed by atoms with E-state index < -0.39 is 0 Å². The molecule has 2 rings (SSSR count). The standard InChI is InChI=1S/C13H16ClN3O2S/c1-8(2)6-18-10-4-3-9(14)5-11(10)19-7-12-16-17-13(15)20-12/h3-5,8H,6-7H2,1-2H3,(H2,15,17). The molecular formula is C13H16ClN3O2S. The van der Waals surface area contributed by atoms with Crippen molar-refractivity contribution in [1.29, 1.82) is 0 Å². The zero-order valence-electron chi connectivity index (χ0n) is 11.3. The van der Waals surface area contributed by atoms with Gasteiger partial charge in [-0.05, 0) is 18.1 Å². The Kier molecular flexibility index (Phi) is 5.03. The third-order valence-electron chi connectivity index (χ3n) is 2.31. The van der Waals surface area contributed by atoms with E-state index in [1.807, 2.05) is 0 Å².